The fraction of sp³-hybridized carbons (Fsp3) is 0.316. The van der Waals surface area contributed by atoms with E-state index in [-0.39, 0.29) is 27.2 Å². The predicted molar refractivity (Wildman–Crippen MR) is 108 cm³/mol. The number of nitrogens with one attached hydrogen (secondary N) is 2. The maximum Gasteiger partial charge on any atom is 0.492 e. The molecule has 2 N–H and O–H groups in total. The Bertz CT molecular complexity index is 952. The van der Waals surface area contributed by atoms with Gasteiger partial charge in [0.15, 0.2) is 11.5 Å². The molecule has 2 heterocycles. The van der Waals surface area contributed by atoms with Crippen LogP contribution in [-0.2, 0) is 4.74 Å². The molecule has 2 aliphatic rings. The average Bonchev–Trinajstić information content (AvgIpc) is 3.07. The molecule has 2 aromatic rings. The molecular formula is C19H16Cl2F3N3O4. The van der Waals surface area contributed by atoms with E-state index < -0.39 is 18.1 Å². The summed E-state index contributed by atoms with van der Waals surface area (Å²) in [7, 11) is 0. The average molecular weight is 478 g/mol. The minimum Gasteiger partial charge on any atom is -0.424 e. The number of halogens is 5. The standard InChI is InChI=1S/C19H16Cl2F3N3O4/c20-13-9-15-16(10-14(13)21)31-19(30-15,18(22,23)24)26-17(28)25-11-1-3-12(4-2-11)27-5-7-29-8-6-27/h1-4,9-10H,5-8H2,(H2,25,26,28). The van der Waals surface area contributed by atoms with Crippen molar-refractivity contribution in [2.24, 2.45) is 0 Å². The van der Waals surface area contributed by atoms with Gasteiger partial charge < -0.3 is 24.4 Å². The summed E-state index contributed by atoms with van der Waals surface area (Å²) < 4.78 is 56.4. The summed E-state index contributed by atoms with van der Waals surface area (Å²) in [5.74, 6) is -4.04. The van der Waals surface area contributed by atoms with Gasteiger partial charge in [0.05, 0.1) is 23.3 Å². The van der Waals surface area contributed by atoms with Gasteiger partial charge in [-0.3, -0.25) is 5.32 Å². The maximum atomic E-state index is 13.8. The third-order valence-electron chi connectivity index (χ3n) is 4.65. The second-order valence-electron chi connectivity index (χ2n) is 6.76. The lowest BCUT2D eigenvalue weighted by Gasteiger charge is -2.30. The lowest BCUT2D eigenvalue weighted by molar-refractivity contribution is -0.317. The minimum absolute atomic E-state index is 0.0215. The molecule has 0 atom stereocenters. The third-order valence-corrected chi connectivity index (χ3v) is 5.37. The number of anilines is 2. The van der Waals surface area contributed by atoms with Crippen LogP contribution in [0.2, 0.25) is 10.0 Å². The van der Waals surface area contributed by atoms with E-state index in [1.54, 1.807) is 29.6 Å². The van der Waals surface area contributed by atoms with Gasteiger partial charge in [-0.1, -0.05) is 23.2 Å². The highest BCUT2D eigenvalue weighted by Gasteiger charge is 2.65. The van der Waals surface area contributed by atoms with Crippen LogP contribution in [0.1, 0.15) is 0 Å². The molecule has 0 aliphatic carbocycles. The van der Waals surface area contributed by atoms with Crippen LogP contribution in [0, 0.1) is 0 Å². The number of alkyl halides is 3. The van der Waals surface area contributed by atoms with E-state index in [9.17, 15) is 18.0 Å². The van der Waals surface area contributed by atoms with Crippen LogP contribution >= 0.6 is 23.2 Å². The highest BCUT2D eigenvalue weighted by atomic mass is 35.5. The molecule has 2 aliphatic heterocycles. The van der Waals surface area contributed by atoms with Crippen molar-refractivity contribution in [1.82, 2.24) is 5.32 Å². The van der Waals surface area contributed by atoms with Gasteiger partial charge in [-0.05, 0) is 24.3 Å². The van der Waals surface area contributed by atoms with Gasteiger partial charge in [0, 0.05) is 36.6 Å². The van der Waals surface area contributed by atoms with Crippen molar-refractivity contribution in [3.63, 3.8) is 0 Å². The van der Waals surface area contributed by atoms with Crippen molar-refractivity contribution in [2.45, 2.75) is 12.1 Å². The second kappa shape index (κ2) is 8.18. The summed E-state index contributed by atoms with van der Waals surface area (Å²) in [6, 6.07) is 7.64. The molecule has 0 saturated carbocycles. The van der Waals surface area contributed by atoms with Crippen molar-refractivity contribution < 1.29 is 32.2 Å². The summed E-state index contributed by atoms with van der Waals surface area (Å²) in [6.45, 7) is 2.68. The van der Waals surface area contributed by atoms with Gasteiger partial charge in [-0.2, -0.15) is 13.2 Å². The zero-order valence-corrected chi connectivity index (χ0v) is 17.3. The monoisotopic (exact) mass is 477 g/mol. The summed E-state index contributed by atoms with van der Waals surface area (Å²) in [6.07, 6.45) is -5.11. The van der Waals surface area contributed by atoms with E-state index in [4.69, 9.17) is 37.4 Å². The van der Waals surface area contributed by atoms with Crippen molar-refractivity contribution in [3.8, 4) is 11.5 Å². The Morgan fingerprint density at radius 2 is 1.55 bits per heavy atom. The number of amides is 2. The highest BCUT2D eigenvalue weighted by molar-refractivity contribution is 6.42. The SMILES string of the molecule is O=C(Nc1ccc(N2CCOCC2)cc1)NC1(C(F)(F)F)Oc2cc(Cl)c(Cl)cc2O1. The zero-order chi connectivity index (χ0) is 22.2. The Labute approximate surface area is 184 Å². The number of morpholine rings is 1. The number of ether oxygens (including phenoxy) is 3. The first-order valence-electron chi connectivity index (χ1n) is 9.13. The Balaban J connectivity index is 1.47. The molecule has 0 aromatic heterocycles. The topological polar surface area (TPSA) is 72.1 Å². The Morgan fingerprint density at radius 1 is 1.00 bits per heavy atom. The molecule has 0 radical (unpaired) electrons. The van der Waals surface area contributed by atoms with Gasteiger partial charge in [-0.25, -0.2) is 4.79 Å². The number of rotatable bonds is 3. The first kappa shape index (κ1) is 21.7. The molecule has 166 valence electrons. The molecular weight excluding hydrogens is 462 g/mol. The zero-order valence-electron chi connectivity index (χ0n) is 15.8. The molecule has 4 rings (SSSR count). The van der Waals surface area contributed by atoms with E-state index in [2.05, 4.69) is 10.2 Å². The number of carbonyl (C=O) groups excluding carboxylic acids is 1. The van der Waals surface area contributed by atoms with Crippen LogP contribution in [-0.4, -0.2) is 44.4 Å². The number of fused-ring (bicyclic) bond motifs is 1. The molecule has 7 nitrogen and oxygen atoms in total. The normalized spacial score (nSPS) is 17.4. The molecule has 0 spiro atoms. The van der Waals surface area contributed by atoms with E-state index in [1.165, 1.54) is 0 Å². The highest BCUT2D eigenvalue weighted by Crippen LogP contribution is 2.48. The third kappa shape index (κ3) is 4.41. The number of urea groups is 1. The van der Waals surface area contributed by atoms with Crippen LogP contribution in [0.3, 0.4) is 0 Å². The number of nitrogens with zero attached hydrogens (tertiary/aromatic N) is 1. The summed E-state index contributed by atoms with van der Waals surface area (Å²) in [5.41, 5.74) is 1.20. The Hall–Kier alpha value is -2.56. The first-order valence-corrected chi connectivity index (χ1v) is 9.88. The molecule has 31 heavy (non-hydrogen) atoms. The fourth-order valence-corrected chi connectivity index (χ4v) is 3.43. The molecule has 0 unspecified atom stereocenters. The van der Waals surface area contributed by atoms with Gasteiger partial charge in [0.1, 0.15) is 0 Å². The van der Waals surface area contributed by atoms with Crippen LogP contribution in [0.4, 0.5) is 29.3 Å². The smallest absolute Gasteiger partial charge is 0.424 e. The lowest BCUT2D eigenvalue weighted by atomic mass is 10.2. The van der Waals surface area contributed by atoms with Crippen molar-refractivity contribution in [1.29, 1.82) is 0 Å². The number of hydrogen-bond acceptors (Lipinski definition) is 5. The van der Waals surface area contributed by atoms with Gasteiger partial charge in [0.2, 0.25) is 0 Å². The van der Waals surface area contributed by atoms with Crippen LogP contribution in [0.25, 0.3) is 0 Å². The number of benzene rings is 2. The quantitative estimate of drug-likeness (QED) is 0.673. The summed E-state index contributed by atoms with van der Waals surface area (Å²) in [5, 5.41) is 4.01. The minimum atomic E-state index is -5.11. The van der Waals surface area contributed by atoms with E-state index >= 15 is 0 Å². The van der Waals surface area contributed by atoms with Crippen LogP contribution in [0.5, 0.6) is 11.5 Å². The number of hydrogen-bond donors (Lipinski definition) is 2. The lowest BCUT2D eigenvalue weighted by Crippen LogP contribution is -2.65. The van der Waals surface area contributed by atoms with Gasteiger partial charge in [0.25, 0.3) is 0 Å². The molecule has 2 aromatic carbocycles. The van der Waals surface area contributed by atoms with Crippen LogP contribution < -0.4 is 25.0 Å². The van der Waals surface area contributed by atoms with Crippen LogP contribution in [0.15, 0.2) is 36.4 Å². The molecule has 0 bridgehead atoms. The second-order valence-corrected chi connectivity index (χ2v) is 7.57. The molecule has 12 heteroatoms. The van der Waals surface area contributed by atoms with Crippen molar-refractivity contribution in [3.05, 3.63) is 46.4 Å². The molecule has 1 fully saturated rings. The maximum absolute atomic E-state index is 13.8. The largest absolute Gasteiger partial charge is 0.492 e. The van der Waals surface area contributed by atoms with E-state index in [0.717, 1.165) is 30.9 Å². The van der Waals surface area contributed by atoms with E-state index in [0.29, 0.717) is 13.2 Å². The van der Waals surface area contributed by atoms with Crippen molar-refractivity contribution in [2.75, 3.05) is 36.5 Å². The summed E-state index contributed by atoms with van der Waals surface area (Å²) >= 11 is 11.6. The van der Waals surface area contributed by atoms with Gasteiger partial charge in [-0.15, -0.1) is 0 Å². The molecule has 2 amide bonds. The predicted octanol–water partition coefficient (Wildman–Crippen LogP) is 4.64. The number of carbonyl (C=O) groups is 1. The Morgan fingerprint density at radius 3 is 2.06 bits per heavy atom. The van der Waals surface area contributed by atoms with E-state index in [1.807, 2.05) is 0 Å². The van der Waals surface area contributed by atoms with Crippen molar-refractivity contribution >= 4 is 40.6 Å². The molecule has 1 saturated heterocycles. The summed E-state index contributed by atoms with van der Waals surface area (Å²) in [4.78, 5) is 14.4. The van der Waals surface area contributed by atoms with Gasteiger partial charge >= 0.3 is 18.1 Å². The Kier molecular flexibility index (Phi) is 5.71. The first-order chi connectivity index (χ1) is 14.7. The fourth-order valence-electron chi connectivity index (χ4n) is 3.13.